The molecule has 0 radical (unpaired) electrons. The van der Waals surface area contributed by atoms with Crippen molar-refractivity contribution in [2.45, 2.75) is 32.2 Å². The number of hydrogen-bond donors (Lipinski definition) is 2. The van der Waals surface area contributed by atoms with Crippen LogP contribution in [0.1, 0.15) is 26.2 Å². The van der Waals surface area contributed by atoms with Gasteiger partial charge in [-0.15, -0.1) is 0 Å². The highest BCUT2D eigenvalue weighted by molar-refractivity contribution is 9.10. The summed E-state index contributed by atoms with van der Waals surface area (Å²) in [6, 6.07) is 3.80. The molecule has 0 aliphatic rings. The summed E-state index contributed by atoms with van der Waals surface area (Å²) in [6.45, 7) is 1.53. The number of rotatable bonds is 8. The average molecular weight is 362 g/mol. The molecule has 2 N–H and O–H groups in total. The Hall–Kier alpha value is -1.63. The molecule has 116 valence electrons. The van der Waals surface area contributed by atoms with E-state index in [1.165, 1.54) is 12.1 Å². The zero-order valence-electron chi connectivity index (χ0n) is 11.6. The van der Waals surface area contributed by atoms with Gasteiger partial charge < -0.3 is 15.2 Å². The normalized spacial score (nSPS) is 11.8. The summed E-state index contributed by atoms with van der Waals surface area (Å²) in [5.74, 6) is -2.06. The van der Waals surface area contributed by atoms with Gasteiger partial charge in [-0.05, 0) is 24.6 Å². The standard InChI is InChI=1S/C14H17BrFNO4/c1-2-3-10(7-14(19)20)17-13(18)8-21-12-5-4-9(15)6-11(12)16/h4-6,10H,2-3,7-8H2,1H3,(H,17,18)(H,19,20). The van der Waals surface area contributed by atoms with Crippen molar-refractivity contribution >= 4 is 27.8 Å². The van der Waals surface area contributed by atoms with Crippen molar-refractivity contribution in [2.75, 3.05) is 6.61 Å². The van der Waals surface area contributed by atoms with E-state index in [9.17, 15) is 14.0 Å². The number of amides is 1. The van der Waals surface area contributed by atoms with Crippen LogP contribution in [-0.4, -0.2) is 29.6 Å². The van der Waals surface area contributed by atoms with Gasteiger partial charge >= 0.3 is 5.97 Å². The summed E-state index contributed by atoms with van der Waals surface area (Å²) in [5, 5.41) is 11.3. The molecule has 1 rings (SSSR count). The molecule has 0 heterocycles. The van der Waals surface area contributed by atoms with Gasteiger partial charge in [-0.3, -0.25) is 9.59 Å². The average Bonchev–Trinajstić information content (AvgIpc) is 2.37. The zero-order valence-corrected chi connectivity index (χ0v) is 13.2. The van der Waals surface area contributed by atoms with Gasteiger partial charge in [0.2, 0.25) is 0 Å². The molecule has 1 aromatic carbocycles. The molecular weight excluding hydrogens is 345 g/mol. The number of carbonyl (C=O) groups excluding carboxylic acids is 1. The molecule has 0 aliphatic heterocycles. The molecule has 0 saturated carbocycles. The van der Waals surface area contributed by atoms with Crippen LogP contribution >= 0.6 is 15.9 Å². The smallest absolute Gasteiger partial charge is 0.305 e. The number of carboxylic acids is 1. The second-order valence-corrected chi connectivity index (χ2v) is 5.43. The SMILES string of the molecule is CCCC(CC(=O)O)NC(=O)COc1ccc(Br)cc1F. The summed E-state index contributed by atoms with van der Waals surface area (Å²) in [4.78, 5) is 22.4. The first-order valence-electron chi connectivity index (χ1n) is 6.51. The molecule has 5 nitrogen and oxygen atoms in total. The molecule has 7 heteroatoms. The topological polar surface area (TPSA) is 75.6 Å². The highest BCUT2D eigenvalue weighted by Crippen LogP contribution is 2.21. The molecule has 21 heavy (non-hydrogen) atoms. The molecule has 1 unspecified atom stereocenters. The lowest BCUT2D eigenvalue weighted by atomic mass is 10.1. The fraction of sp³-hybridized carbons (Fsp3) is 0.429. The van der Waals surface area contributed by atoms with Crippen LogP contribution in [-0.2, 0) is 9.59 Å². The van der Waals surface area contributed by atoms with Crippen molar-refractivity contribution in [2.24, 2.45) is 0 Å². The van der Waals surface area contributed by atoms with Crippen LogP contribution < -0.4 is 10.1 Å². The van der Waals surface area contributed by atoms with E-state index in [4.69, 9.17) is 9.84 Å². The number of aliphatic carboxylic acids is 1. The van der Waals surface area contributed by atoms with Crippen LogP contribution in [0.5, 0.6) is 5.75 Å². The molecule has 0 spiro atoms. The summed E-state index contributed by atoms with van der Waals surface area (Å²) in [7, 11) is 0. The number of nitrogens with one attached hydrogen (secondary N) is 1. The number of hydrogen-bond acceptors (Lipinski definition) is 3. The molecule has 0 saturated heterocycles. The van der Waals surface area contributed by atoms with E-state index < -0.39 is 23.7 Å². The highest BCUT2D eigenvalue weighted by atomic mass is 79.9. The number of halogens is 2. The lowest BCUT2D eigenvalue weighted by Gasteiger charge is -2.16. The van der Waals surface area contributed by atoms with Crippen LogP contribution in [0.15, 0.2) is 22.7 Å². The summed E-state index contributed by atoms with van der Waals surface area (Å²) in [6.07, 6.45) is 1.16. The largest absolute Gasteiger partial charge is 0.481 e. The summed E-state index contributed by atoms with van der Waals surface area (Å²) in [5.41, 5.74) is 0. The number of carbonyl (C=O) groups is 2. The molecular formula is C14H17BrFNO4. The maximum absolute atomic E-state index is 13.5. The Morgan fingerprint density at radius 3 is 2.76 bits per heavy atom. The molecule has 0 aromatic heterocycles. The van der Waals surface area contributed by atoms with Crippen molar-refractivity contribution in [3.05, 3.63) is 28.5 Å². The van der Waals surface area contributed by atoms with Crippen molar-refractivity contribution in [1.82, 2.24) is 5.32 Å². The van der Waals surface area contributed by atoms with E-state index >= 15 is 0 Å². The lowest BCUT2D eigenvalue weighted by Crippen LogP contribution is -2.39. The van der Waals surface area contributed by atoms with Crippen LogP contribution in [0, 0.1) is 5.82 Å². The minimum absolute atomic E-state index is 0.0290. The zero-order chi connectivity index (χ0) is 15.8. The van der Waals surface area contributed by atoms with Crippen molar-refractivity contribution in [3.8, 4) is 5.75 Å². The third-order valence-corrected chi connectivity index (χ3v) is 3.17. The van der Waals surface area contributed by atoms with E-state index in [0.717, 1.165) is 6.42 Å². The molecule has 1 amide bonds. The maximum atomic E-state index is 13.5. The van der Waals surface area contributed by atoms with E-state index in [-0.39, 0.29) is 18.8 Å². The Morgan fingerprint density at radius 2 is 2.19 bits per heavy atom. The Balaban J connectivity index is 2.50. The fourth-order valence-corrected chi connectivity index (χ4v) is 2.12. The lowest BCUT2D eigenvalue weighted by molar-refractivity contribution is -0.137. The minimum atomic E-state index is -0.978. The second-order valence-electron chi connectivity index (χ2n) is 4.51. The van der Waals surface area contributed by atoms with Gasteiger partial charge in [0, 0.05) is 10.5 Å². The van der Waals surface area contributed by atoms with Crippen LogP contribution in [0.25, 0.3) is 0 Å². The van der Waals surface area contributed by atoms with Crippen molar-refractivity contribution in [3.63, 3.8) is 0 Å². The predicted octanol–water partition coefficient (Wildman–Crippen LogP) is 2.73. The van der Waals surface area contributed by atoms with Crippen molar-refractivity contribution < 1.29 is 23.8 Å². The number of ether oxygens (including phenoxy) is 1. The van der Waals surface area contributed by atoms with Gasteiger partial charge in [-0.1, -0.05) is 29.3 Å². The third-order valence-electron chi connectivity index (χ3n) is 2.68. The first kappa shape index (κ1) is 17.4. The molecule has 0 fully saturated rings. The first-order valence-corrected chi connectivity index (χ1v) is 7.30. The third kappa shape index (κ3) is 6.57. The Morgan fingerprint density at radius 1 is 1.48 bits per heavy atom. The Labute approximate surface area is 130 Å². The molecule has 1 atom stereocenters. The monoisotopic (exact) mass is 361 g/mol. The Kier molecular flexibility index (Phi) is 7.14. The van der Waals surface area contributed by atoms with E-state index in [1.807, 2.05) is 6.92 Å². The van der Waals surface area contributed by atoms with Crippen LogP contribution in [0.2, 0.25) is 0 Å². The maximum Gasteiger partial charge on any atom is 0.305 e. The fourth-order valence-electron chi connectivity index (χ4n) is 1.79. The Bertz CT molecular complexity index is 510. The molecule has 0 aliphatic carbocycles. The molecule has 1 aromatic rings. The van der Waals surface area contributed by atoms with Crippen molar-refractivity contribution in [1.29, 1.82) is 0 Å². The van der Waals surface area contributed by atoms with Gasteiger partial charge in [0.15, 0.2) is 18.2 Å². The van der Waals surface area contributed by atoms with E-state index in [1.54, 1.807) is 6.07 Å². The minimum Gasteiger partial charge on any atom is -0.481 e. The van der Waals surface area contributed by atoms with E-state index in [2.05, 4.69) is 21.2 Å². The summed E-state index contributed by atoms with van der Waals surface area (Å²) >= 11 is 3.12. The number of carboxylic acid groups (broad SMARTS) is 1. The first-order chi connectivity index (χ1) is 9.92. The predicted molar refractivity (Wildman–Crippen MR) is 78.7 cm³/mol. The van der Waals surface area contributed by atoms with Crippen LogP contribution in [0.3, 0.4) is 0 Å². The van der Waals surface area contributed by atoms with Crippen LogP contribution in [0.4, 0.5) is 4.39 Å². The van der Waals surface area contributed by atoms with Gasteiger partial charge in [-0.25, -0.2) is 4.39 Å². The summed E-state index contributed by atoms with van der Waals surface area (Å²) < 4.78 is 19.1. The van der Waals surface area contributed by atoms with Gasteiger partial charge in [-0.2, -0.15) is 0 Å². The van der Waals surface area contributed by atoms with E-state index in [0.29, 0.717) is 10.9 Å². The molecule has 0 bridgehead atoms. The van der Waals surface area contributed by atoms with Gasteiger partial charge in [0.25, 0.3) is 5.91 Å². The highest BCUT2D eigenvalue weighted by Gasteiger charge is 2.16. The van der Waals surface area contributed by atoms with Gasteiger partial charge in [0.05, 0.1) is 6.42 Å². The number of benzene rings is 1. The van der Waals surface area contributed by atoms with Gasteiger partial charge in [0.1, 0.15) is 0 Å². The second kappa shape index (κ2) is 8.61. The quantitative estimate of drug-likeness (QED) is 0.746.